The molecule has 0 saturated carbocycles. The molecule has 6 heteroatoms. The van der Waals surface area contributed by atoms with E-state index >= 15 is 0 Å². The minimum absolute atomic E-state index is 0.291. The van der Waals surface area contributed by atoms with Gasteiger partial charge in [-0.25, -0.2) is 4.39 Å². The van der Waals surface area contributed by atoms with Crippen LogP contribution in [0.5, 0.6) is 0 Å². The van der Waals surface area contributed by atoms with Gasteiger partial charge in [0.25, 0.3) is 11.8 Å². The number of hydrogen-bond donors (Lipinski definition) is 3. The maximum Gasteiger partial charge on any atom is 0.255 e. The number of halogens is 1. The van der Waals surface area contributed by atoms with Crippen LogP contribution in [-0.4, -0.2) is 22.5 Å². The van der Waals surface area contributed by atoms with Gasteiger partial charge in [-0.15, -0.1) is 0 Å². The van der Waals surface area contributed by atoms with Gasteiger partial charge in [0, 0.05) is 11.3 Å². The van der Waals surface area contributed by atoms with Gasteiger partial charge in [0.2, 0.25) is 0 Å². The van der Waals surface area contributed by atoms with Crippen molar-refractivity contribution in [3.05, 3.63) is 65.5 Å². The summed E-state index contributed by atoms with van der Waals surface area (Å²) in [4.78, 5) is 23.9. The van der Waals surface area contributed by atoms with Gasteiger partial charge in [-0.1, -0.05) is 12.1 Å². The van der Waals surface area contributed by atoms with Gasteiger partial charge in [-0.05, 0) is 62.7 Å². The Morgan fingerprint density at radius 1 is 1.04 bits per heavy atom. The molecule has 0 heterocycles. The number of nitrogens with one attached hydrogen (secondary N) is 2. The normalized spacial score (nSPS) is 12.4. The van der Waals surface area contributed by atoms with Gasteiger partial charge in [-0.2, -0.15) is 0 Å². The monoisotopic (exact) mass is 344 g/mol. The predicted molar refractivity (Wildman–Crippen MR) is 93.7 cm³/mol. The third-order valence-electron chi connectivity index (χ3n) is 3.68. The molecule has 5 nitrogen and oxygen atoms in total. The van der Waals surface area contributed by atoms with E-state index < -0.39 is 17.3 Å². The van der Waals surface area contributed by atoms with E-state index in [1.54, 1.807) is 31.2 Å². The first-order valence-corrected chi connectivity index (χ1v) is 7.87. The van der Waals surface area contributed by atoms with Gasteiger partial charge in [0.05, 0.1) is 6.04 Å². The summed E-state index contributed by atoms with van der Waals surface area (Å²) in [7, 11) is 0. The number of aliphatic hydroxyl groups is 1. The van der Waals surface area contributed by atoms with E-state index in [2.05, 4.69) is 10.6 Å². The summed E-state index contributed by atoms with van der Waals surface area (Å²) in [5.74, 6) is -1.20. The minimum Gasteiger partial charge on any atom is -0.381 e. The first-order valence-electron chi connectivity index (χ1n) is 7.87. The van der Waals surface area contributed by atoms with E-state index in [1.807, 2.05) is 0 Å². The van der Waals surface area contributed by atoms with Crippen molar-refractivity contribution < 1.29 is 19.1 Å². The molecule has 0 aliphatic carbocycles. The molecule has 3 N–H and O–H groups in total. The molecule has 0 radical (unpaired) electrons. The molecule has 0 aliphatic rings. The number of anilines is 1. The molecule has 1 atom stereocenters. The van der Waals surface area contributed by atoms with Crippen molar-refractivity contribution in [2.75, 3.05) is 5.32 Å². The molecule has 0 bridgehead atoms. The summed E-state index contributed by atoms with van der Waals surface area (Å²) in [6.07, 6.45) is 0. The quantitative estimate of drug-likeness (QED) is 0.780. The third-order valence-corrected chi connectivity index (χ3v) is 3.68. The lowest BCUT2D eigenvalue weighted by molar-refractivity contribution is -0.137. The Kier molecular flexibility index (Phi) is 5.54. The fraction of sp³-hybridized carbons (Fsp3) is 0.263. The van der Waals surface area contributed by atoms with Crippen LogP contribution < -0.4 is 10.6 Å². The van der Waals surface area contributed by atoms with Crippen LogP contribution >= 0.6 is 0 Å². The lowest BCUT2D eigenvalue weighted by Crippen LogP contribution is -2.42. The summed E-state index contributed by atoms with van der Waals surface area (Å²) in [5, 5.41) is 15.1. The first-order chi connectivity index (χ1) is 11.7. The highest BCUT2D eigenvalue weighted by Crippen LogP contribution is 2.18. The summed E-state index contributed by atoms with van der Waals surface area (Å²) in [6, 6.07) is 12.0. The molecule has 25 heavy (non-hydrogen) atoms. The molecule has 0 saturated heterocycles. The van der Waals surface area contributed by atoms with Gasteiger partial charge in [0.15, 0.2) is 0 Å². The maximum atomic E-state index is 12.9. The fourth-order valence-corrected chi connectivity index (χ4v) is 2.12. The Balaban J connectivity index is 2.00. The Morgan fingerprint density at radius 2 is 1.60 bits per heavy atom. The van der Waals surface area contributed by atoms with Crippen LogP contribution in [0.1, 0.15) is 42.7 Å². The van der Waals surface area contributed by atoms with E-state index in [0.29, 0.717) is 11.3 Å². The van der Waals surface area contributed by atoms with Crippen molar-refractivity contribution in [3.63, 3.8) is 0 Å². The molecule has 2 rings (SSSR count). The highest BCUT2D eigenvalue weighted by atomic mass is 19.1. The Hall–Kier alpha value is -2.73. The maximum absolute atomic E-state index is 12.9. The number of carbonyl (C=O) groups excluding carboxylic acids is 2. The lowest BCUT2D eigenvalue weighted by atomic mass is 10.1. The van der Waals surface area contributed by atoms with Crippen LogP contribution in [0.4, 0.5) is 10.1 Å². The summed E-state index contributed by atoms with van der Waals surface area (Å²) in [5.41, 5.74) is 0.324. The summed E-state index contributed by atoms with van der Waals surface area (Å²) in [6.45, 7) is 4.64. The molecule has 0 aromatic heterocycles. The molecule has 0 spiro atoms. The van der Waals surface area contributed by atoms with Crippen LogP contribution in [0.2, 0.25) is 0 Å². The molecule has 2 amide bonds. The lowest BCUT2D eigenvalue weighted by Gasteiger charge is -2.21. The number of hydrogen-bond acceptors (Lipinski definition) is 3. The van der Waals surface area contributed by atoms with Gasteiger partial charge in [-0.3, -0.25) is 9.59 Å². The van der Waals surface area contributed by atoms with Crippen LogP contribution in [0.25, 0.3) is 0 Å². The highest BCUT2D eigenvalue weighted by molar-refractivity contribution is 6.04. The van der Waals surface area contributed by atoms with Gasteiger partial charge < -0.3 is 15.7 Å². The van der Waals surface area contributed by atoms with Gasteiger partial charge in [0.1, 0.15) is 11.4 Å². The second-order valence-electron chi connectivity index (χ2n) is 6.34. The molecule has 2 aromatic carbocycles. The fourth-order valence-electron chi connectivity index (χ4n) is 2.12. The molecule has 2 aromatic rings. The number of benzene rings is 2. The van der Waals surface area contributed by atoms with Gasteiger partial charge >= 0.3 is 0 Å². The Morgan fingerprint density at radius 3 is 2.12 bits per heavy atom. The predicted octanol–water partition coefficient (Wildman–Crippen LogP) is 3.03. The second-order valence-corrected chi connectivity index (χ2v) is 6.34. The van der Waals surface area contributed by atoms with Crippen molar-refractivity contribution in [3.8, 4) is 0 Å². The molecular formula is C19H21FN2O3. The molecule has 1 unspecified atom stereocenters. The van der Waals surface area contributed by atoms with Crippen LogP contribution in [0.3, 0.4) is 0 Å². The topological polar surface area (TPSA) is 78.4 Å². The third kappa shape index (κ3) is 5.12. The zero-order valence-electron chi connectivity index (χ0n) is 14.3. The first kappa shape index (κ1) is 18.6. The standard InChI is InChI=1S/C19H21FN2O3/c1-12(21-18(24)19(2,3)25)13-6-10-16(11-7-13)22-17(23)14-4-8-15(20)9-5-14/h4-12,25H,1-3H3,(H,21,24)(H,22,23). The van der Waals surface area contributed by atoms with Crippen LogP contribution in [-0.2, 0) is 4.79 Å². The largest absolute Gasteiger partial charge is 0.381 e. The van der Waals surface area contributed by atoms with Crippen molar-refractivity contribution in [2.24, 2.45) is 0 Å². The van der Waals surface area contributed by atoms with Crippen molar-refractivity contribution in [1.82, 2.24) is 5.32 Å². The average Bonchev–Trinajstić information content (AvgIpc) is 2.55. The zero-order chi connectivity index (χ0) is 18.6. The number of rotatable bonds is 5. The van der Waals surface area contributed by atoms with Crippen molar-refractivity contribution in [2.45, 2.75) is 32.4 Å². The zero-order valence-corrected chi connectivity index (χ0v) is 14.3. The molecule has 0 aliphatic heterocycles. The van der Waals surface area contributed by atoms with E-state index in [0.717, 1.165) is 5.56 Å². The van der Waals surface area contributed by atoms with Crippen LogP contribution in [0.15, 0.2) is 48.5 Å². The summed E-state index contributed by atoms with van der Waals surface area (Å²) < 4.78 is 12.9. The van der Waals surface area contributed by atoms with E-state index in [-0.39, 0.29) is 11.9 Å². The van der Waals surface area contributed by atoms with Crippen LogP contribution in [0, 0.1) is 5.82 Å². The number of amides is 2. The Labute approximate surface area is 145 Å². The van der Waals surface area contributed by atoms with E-state index in [4.69, 9.17) is 0 Å². The Bertz CT molecular complexity index is 750. The van der Waals surface area contributed by atoms with E-state index in [9.17, 15) is 19.1 Å². The highest BCUT2D eigenvalue weighted by Gasteiger charge is 2.25. The van der Waals surface area contributed by atoms with E-state index in [1.165, 1.54) is 38.1 Å². The summed E-state index contributed by atoms with van der Waals surface area (Å²) >= 11 is 0. The van der Waals surface area contributed by atoms with Crippen molar-refractivity contribution in [1.29, 1.82) is 0 Å². The second kappa shape index (κ2) is 7.44. The minimum atomic E-state index is -1.45. The smallest absolute Gasteiger partial charge is 0.255 e. The average molecular weight is 344 g/mol. The molecular weight excluding hydrogens is 323 g/mol. The molecule has 132 valence electrons. The SMILES string of the molecule is CC(NC(=O)C(C)(C)O)c1ccc(NC(=O)c2ccc(F)cc2)cc1. The van der Waals surface area contributed by atoms with Crippen molar-refractivity contribution >= 4 is 17.5 Å². The molecule has 0 fully saturated rings. The number of carbonyl (C=O) groups is 2.